The Morgan fingerprint density at radius 1 is 1.13 bits per heavy atom. The lowest BCUT2D eigenvalue weighted by Crippen LogP contribution is -2.57. The lowest BCUT2D eigenvalue weighted by Gasteiger charge is -2.46. The van der Waals surface area contributed by atoms with Crippen molar-refractivity contribution in [3.8, 4) is 11.5 Å². The largest absolute Gasteiger partial charge is 0.493 e. The maximum absolute atomic E-state index is 14.8. The second-order valence-corrected chi connectivity index (χ2v) is 10.1. The van der Waals surface area contributed by atoms with Crippen molar-refractivity contribution in [1.82, 2.24) is 14.9 Å². The van der Waals surface area contributed by atoms with Crippen LogP contribution in [0.3, 0.4) is 0 Å². The molecule has 4 rings (SSSR count). The first kappa shape index (κ1) is 27.8. The van der Waals surface area contributed by atoms with Gasteiger partial charge in [-0.1, -0.05) is 12.1 Å². The Bertz CT molecular complexity index is 1310. The molecule has 0 spiro atoms. The van der Waals surface area contributed by atoms with Crippen molar-refractivity contribution >= 4 is 16.7 Å². The molecule has 38 heavy (non-hydrogen) atoms. The molecule has 0 saturated carbocycles. The first-order valence-electron chi connectivity index (χ1n) is 12.2. The van der Waals surface area contributed by atoms with E-state index >= 15 is 0 Å². The van der Waals surface area contributed by atoms with Gasteiger partial charge in [0.1, 0.15) is 23.6 Å². The lowest BCUT2D eigenvalue weighted by atomic mass is 9.80. The fourth-order valence-electron chi connectivity index (χ4n) is 4.76. The van der Waals surface area contributed by atoms with Gasteiger partial charge in [-0.05, 0) is 47.0 Å². The average molecular weight is 537 g/mol. The van der Waals surface area contributed by atoms with Gasteiger partial charge in [-0.3, -0.25) is 0 Å². The maximum Gasteiger partial charge on any atom is 0.419 e. The van der Waals surface area contributed by atoms with Gasteiger partial charge in [-0.2, -0.15) is 13.2 Å². The van der Waals surface area contributed by atoms with Gasteiger partial charge in [0.25, 0.3) is 0 Å². The zero-order valence-corrected chi connectivity index (χ0v) is 22.2. The van der Waals surface area contributed by atoms with Gasteiger partial charge in [0, 0.05) is 23.6 Å². The molecule has 1 aliphatic heterocycles. The van der Waals surface area contributed by atoms with E-state index < -0.39 is 23.6 Å². The summed E-state index contributed by atoms with van der Waals surface area (Å²) in [6, 6.07) is 5.88. The molecule has 2 heterocycles. The third-order valence-corrected chi connectivity index (χ3v) is 6.82. The number of methoxy groups -OCH3 is 1. The Kier molecular flexibility index (Phi) is 7.72. The molecule has 1 fully saturated rings. The fraction of sp³-hybridized carbons (Fsp3) is 0.481. The molecule has 0 aliphatic carbocycles. The van der Waals surface area contributed by atoms with E-state index in [0.717, 1.165) is 12.6 Å². The number of alkyl halides is 3. The first-order valence-corrected chi connectivity index (χ1v) is 12.2. The monoisotopic (exact) mass is 536 g/mol. The molecule has 3 aromatic rings. The van der Waals surface area contributed by atoms with Crippen LogP contribution in [-0.4, -0.2) is 61.9 Å². The molecule has 206 valence electrons. The molecular weight excluding hydrogens is 504 g/mol. The number of fused-ring (bicyclic) bond motifs is 1. The third-order valence-electron chi connectivity index (χ3n) is 6.82. The summed E-state index contributed by atoms with van der Waals surface area (Å²) in [6.45, 7) is 7.17. The number of aromatic nitrogens is 2. The number of halogens is 4. The number of nitrogens with one attached hydrogen (secondary N) is 1. The average Bonchev–Trinajstić information content (AvgIpc) is 2.80. The normalized spacial score (nSPS) is 16.7. The second kappa shape index (κ2) is 10.5. The first-order chi connectivity index (χ1) is 17.8. The minimum Gasteiger partial charge on any atom is -0.493 e. The van der Waals surface area contributed by atoms with Gasteiger partial charge < -0.3 is 24.4 Å². The highest BCUT2D eigenvalue weighted by Crippen LogP contribution is 2.40. The molecule has 0 amide bonds. The molecule has 1 N–H and O–H groups in total. The summed E-state index contributed by atoms with van der Waals surface area (Å²) in [5, 5.41) is 3.64. The van der Waals surface area contributed by atoms with Crippen LogP contribution in [0.4, 0.5) is 23.4 Å². The molecule has 1 saturated heterocycles. The van der Waals surface area contributed by atoms with E-state index in [1.54, 1.807) is 26.0 Å². The van der Waals surface area contributed by atoms with Gasteiger partial charge in [0.05, 0.1) is 42.9 Å². The van der Waals surface area contributed by atoms with Crippen molar-refractivity contribution < 1.29 is 31.8 Å². The maximum atomic E-state index is 14.8. The summed E-state index contributed by atoms with van der Waals surface area (Å²) in [7, 11) is 5.53. The highest BCUT2D eigenvalue weighted by atomic mass is 19.4. The Morgan fingerprint density at radius 2 is 1.84 bits per heavy atom. The summed E-state index contributed by atoms with van der Waals surface area (Å²) < 4.78 is 72.1. The van der Waals surface area contributed by atoms with Crippen LogP contribution in [0.25, 0.3) is 10.9 Å². The molecule has 11 heteroatoms. The highest BCUT2D eigenvalue weighted by molar-refractivity contribution is 5.92. The Hall–Kier alpha value is -3.18. The van der Waals surface area contributed by atoms with Gasteiger partial charge >= 0.3 is 6.18 Å². The molecule has 0 bridgehead atoms. The number of aryl methyl sites for hydroxylation is 1. The summed E-state index contributed by atoms with van der Waals surface area (Å²) in [5.41, 5.74) is -1.08. The Labute approximate surface area is 219 Å². The van der Waals surface area contributed by atoms with Crippen molar-refractivity contribution in [1.29, 1.82) is 0 Å². The van der Waals surface area contributed by atoms with Crippen LogP contribution in [-0.2, 0) is 10.9 Å². The van der Waals surface area contributed by atoms with Crippen molar-refractivity contribution in [3.63, 3.8) is 0 Å². The van der Waals surface area contributed by atoms with Gasteiger partial charge in [0.15, 0.2) is 11.5 Å². The number of ether oxygens (including phenoxy) is 3. The van der Waals surface area contributed by atoms with Crippen LogP contribution in [0.5, 0.6) is 11.5 Å². The second-order valence-electron chi connectivity index (χ2n) is 10.1. The van der Waals surface area contributed by atoms with Gasteiger partial charge in [-0.15, -0.1) is 0 Å². The minimum absolute atomic E-state index is 0.126. The third kappa shape index (κ3) is 5.49. The SMILES string of the molecule is COc1cc2nc(C)nc(N[C@H](C)c3cccc(C(F)(F)F)c3F)c2cc1O[C@H](C)C1(CN(C)C)COC1. The van der Waals surface area contributed by atoms with Crippen molar-refractivity contribution in [2.45, 2.75) is 39.1 Å². The summed E-state index contributed by atoms with van der Waals surface area (Å²) in [6.07, 6.45) is -5.02. The van der Waals surface area contributed by atoms with E-state index in [1.807, 2.05) is 21.0 Å². The zero-order valence-electron chi connectivity index (χ0n) is 22.2. The number of rotatable bonds is 9. The number of nitrogens with zero attached hydrogens (tertiary/aromatic N) is 3. The van der Waals surface area contributed by atoms with E-state index in [-0.39, 0.29) is 17.1 Å². The van der Waals surface area contributed by atoms with E-state index in [1.165, 1.54) is 19.2 Å². The van der Waals surface area contributed by atoms with Crippen LogP contribution in [0.15, 0.2) is 30.3 Å². The molecular formula is C27H32F4N4O3. The van der Waals surface area contributed by atoms with Crippen molar-refractivity contribution in [2.24, 2.45) is 5.41 Å². The number of benzene rings is 2. The number of hydrogen-bond donors (Lipinski definition) is 1. The fourth-order valence-corrected chi connectivity index (χ4v) is 4.76. The quantitative estimate of drug-likeness (QED) is 0.356. The standard InChI is InChI=1S/C27H32F4N4O3/c1-15(18-8-7-9-20(24(18)28)27(29,30)31)32-25-19-10-23(22(36-6)11-21(19)33-17(3)34-25)38-16(2)26(12-35(4)5)13-37-14-26/h7-11,15-16H,12-14H2,1-6H3,(H,32,33,34)/t15-,16-/m1/s1. The number of anilines is 1. The molecule has 1 aromatic heterocycles. The highest BCUT2D eigenvalue weighted by Gasteiger charge is 2.46. The lowest BCUT2D eigenvalue weighted by molar-refractivity contribution is -0.167. The molecule has 7 nitrogen and oxygen atoms in total. The number of hydrogen-bond acceptors (Lipinski definition) is 7. The van der Waals surface area contributed by atoms with Crippen molar-refractivity contribution in [2.75, 3.05) is 46.3 Å². The van der Waals surface area contributed by atoms with Crippen LogP contribution in [0.1, 0.15) is 36.8 Å². The van der Waals surface area contributed by atoms with E-state index in [4.69, 9.17) is 14.2 Å². The van der Waals surface area contributed by atoms with Crippen LogP contribution in [0.2, 0.25) is 0 Å². The predicted molar refractivity (Wildman–Crippen MR) is 136 cm³/mol. The smallest absolute Gasteiger partial charge is 0.419 e. The minimum atomic E-state index is -4.80. The Balaban J connectivity index is 1.71. The molecule has 1 aliphatic rings. The molecule has 2 aromatic carbocycles. The Morgan fingerprint density at radius 3 is 2.42 bits per heavy atom. The van der Waals surface area contributed by atoms with Gasteiger partial charge in [0.2, 0.25) is 0 Å². The summed E-state index contributed by atoms with van der Waals surface area (Å²) in [4.78, 5) is 11.0. The predicted octanol–water partition coefficient (Wildman–Crippen LogP) is 5.62. The van der Waals surface area contributed by atoms with Gasteiger partial charge in [-0.25, -0.2) is 14.4 Å². The molecule has 0 unspecified atom stereocenters. The molecule has 0 radical (unpaired) electrons. The van der Waals surface area contributed by atoms with Crippen molar-refractivity contribution in [3.05, 3.63) is 53.1 Å². The van der Waals surface area contributed by atoms with Crippen LogP contribution >= 0.6 is 0 Å². The van der Waals surface area contributed by atoms with E-state index in [0.29, 0.717) is 47.3 Å². The van der Waals surface area contributed by atoms with E-state index in [2.05, 4.69) is 20.2 Å². The topological polar surface area (TPSA) is 68.7 Å². The summed E-state index contributed by atoms with van der Waals surface area (Å²) in [5.74, 6) is 0.393. The van der Waals surface area contributed by atoms with Crippen LogP contribution < -0.4 is 14.8 Å². The zero-order chi connectivity index (χ0) is 27.8. The van der Waals surface area contributed by atoms with Crippen LogP contribution in [0, 0.1) is 18.2 Å². The molecule has 2 atom stereocenters. The van der Waals surface area contributed by atoms with E-state index in [9.17, 15) is 17.6 Å². The summed E-state index contributed by atoms with van der Waals surface area (Å²) >= 11 is 0.